The van der Waals surface area contributed by atoms with Crippen molar-refractivity contribution in [2.75, 3.05) is 0 Å². The Labute approximate surface area is 138 Å². The lowest BCUT2D eigenvalue weighted by atomic mass is 9.87. The van der Waals surface area contributed by atoms with E-state index in [1.165, 1.54) is 24.3 Å². The number of carbonyl (C=O) groups excluding carboxylic acids is 5. The molecule has 0 radical (unpaired) electrons. The van der Waals surface area contributed by atoms with E-state index in [1.54, 1.807) is 10.6 Å². The number of hydrogen-bond acceptors (Lipinski definition) is 7. The number of nitrogens with one attached hydrogen (secondary N) is 2. The summed E-state index contributed by atoms with van der Waals surface area (Å²) in [5.41, 5.74) is -3.64. The van der Waals surface area contributed by atoms with Crippen molar-refractivity contribution in [2.45, 2.75) is 5.60 Å². The molecule has 2 aliphatic heterocycles. The number of carbonyl (C=O) groups is 5. The zero-order chi connectivity index (χ0) is 17.6. The third kappa shape index (κ3) is 2.06. The van der Waals surface area contributed by atoms with Crippen molar-refractivity contribution in [3.05, 3.63) is 40.4 Å². The van der Waals surface area contributed by atoms with Crippen molar-refractivity contribution in [1.29, 1.82) is 0 Å². The number of benzene rings is 1. The van der Waals surface area contributed by atoms with Gasteiger partial charge >= 0.3 is 17.6 Å². The van der Waals surface area contributed by atoms with Crippen LogP contribution in [0.2, 0.25) is 5.02 Å². The summed E-state index contributed by atoms with van der Waals surface area (Å²) in [4.78, 5) is 59.2. The van der Waals surface area contributed by atoms with Crippen LogP contribution in [0.4, 0.5) is 4.79 Å². The number of Topliss-reactive ketones (excluding diaryl/α,β-unsaturated/α-hetero) is 1. The molecule has 3 rings (SSSR count). The van der Waals surface area contributed by atoms with Gasteiger partial charge in [-0.1, -0.05) is 11.6 Å². The van der Waals surface area contributed by atoms with Crippen LogP contribution in [0.3, 0.4) is 0 Å². The van der Waals surface area contributed by atoms with E-state index < -0.39 is 46.5 Å². The molecule has 2 saturated heterocycles. The Balaban J connectivity index is 2.24. The molecule has 2 fully saturated rings. The quantitative estimate of drug-likeness (QED) is 0.210. The molecule has 0 atom stereocenters. The van der Waals surface area contributed by atoms with E-state index in [1.807, 2.05) is 0 Å². The van der Waals surface area contributed by atoms with E-state index in [9.17, 15) is 29.1 Å². The third-order valence-electron chi connectivity index (χ3n) is 3.46. The van der Waals surface area contributed by atoms with Crippen molar-refractivity contribution in [3.8, 4) is 0 Å². The fraction of sp³-hybridized carbons (Fsp3) is 0.0714. The molecule has 1 spiro atoms. The molecule has 2 aliphatic rings. The Bertz CT molecular complexity index is 836. The number of amides is 4. The fourth-order valence-corrected chi connectivity index (χ4v) is 2.49. The van der Waals surface area contributed by atoms with Crippen LogP contribution in [-0.4, -0.2) is 40.3 Å². The van der Waals surface area contributed by atoms with Crippen LogP contribution in [0.5, 0.6) is 0 Å². The highest BCUT2D eigenvalue weighted by Gasteiger charge is 2.66. The summed E-state index contributed by atoms with van der Waals surface area (Å²) in [5, 5.41) is 14.1. The van der Waals surface area contributed by atoms with Gasteiger partial charge in [0.25, 0.3) is 17.6 Å². The maximum absolute atomic E-state index is 12.1. The molecule has 1 aromatic rings. The van der Waals surface area contributed by atoms with Crippen LogP contribution < -0.4 is 10.6 Å². The first-order valence-corrected chi connectivity index (χ1v) is 6.79. The van der Waals surface area contributed by atoms with Gasteiger partial charge in [-0.15, -0.1) is 0 Å². The lowest BCUT2D eigenvalue weighted by Gasteiger charge is -2.29. The van der Waals surface area contributed by atoms with Crippen LogP contribution in [0, 0.1) is 0 Å². The second-order valence-corrected chi connectivity index (χ2v) is 5.30. The number of esters is 1. The first-order chi connectivity index (χ1) is 11.3. The predicted octanol–water partition coefficient (Wildman–Crippen LogP) is -0.160. The molecule has 0 aromatic heterocycles. The average molecular weight is 351 g/mol. The number of urea groups is 1. The van der Waals surface area contributed by atoms with Crippen LogP contribution in [0.1, 0.15) is 5.56 Å². The minimum Gasteiger partial charge on any atom is -0.507 e. The Morgan fingerprint density at radius 1 is 1.00 bits per heavy atom. The van der Waals surface area contributed by atoms with Gasteiger partial charge in [0, 0.05) is 10.6 Å². The van der Waals surface area contributed by atoms with E-state index >= 15 is 0 Å². The molecule has 9 nitrogen and oxygen atoms in total. The number of aliphatic hydroxyl groups excluding tert-OH is 1. The van der Waals surface area contributed by atoms with Crippen molar-refractivity contribution in [3.63, 3.8) is 0 Å². The number of imide groups is 2. The first kappa shape index (κ1) is 15.7. The van der Waals surface area contributed by atoms with Crippen molar-refractivity contribution >= 4 is 47.0 Å². The van der Waals surface area contributed by atoms with Crippen LogP contribution in [0.15, 0.2) is 29.8 Å². The lowest BCUT2D eigenvalue weighted by molar-refractivity contribution is -0.165. The van der Waals surface area contributed by atoms with E-state index in [2.05, 4.69) is 4.74 Å². The Kier molecular flexibility index (Phi) is 3.38. The number of hydrogen-bond donors (Lipinski definition) is 3. The smallest absolute Gasteiger partial charge is 0.381 e. The molecule has 3 N–H and O–H groups in total. The molecule has 2 heterocycles. The second kappa shape index (κ2) is 5.17. The van der Waals surface area contributed by atoms with E-state index in [0.29, 0.717) is 5.02 Å². The minimum absolute atomic E-state index is 0.0120. The highest BCUT2D eigenvalue weighted by molar-refractivity contribution is 6.50. The summed E-state index contributed by atoms with van der Waals surface area (Å²) in [6, 6.07) is 4.23. The van der Waals surface area contributed by atoms with Crippen molar-refractivity contribution in [2.24, 2.45) is 0 Å². The maximum Gasteiger partial charge on any atom is 0.381 e. The van der Waals surface area contributed by atoms with Gasteiger partial charge in [0.1, 0.15) is 11.3 Å². The van der Waals surface area contributed by atoms with Gasteiger partial charge in [-0.05, 0) is 24.3 Å². The molecule has 4 amide bonds. The predicted molar refractivity (Wildman–Crippen MR) is 76.5 cm³/mol. The van der Waals surface area contributed by atoms with Crippen LogP contribution in [0.25, 0.3) is 5.76 Å². The molecule has 0 aliphatic carbocycles. The fourth-order valence-electron chi connectivity index (χ4n) is 2.36. The van der Waals surface area contributed by atoms with Gasteiger partial charge in [0.15, 0.2) is 0 Å². The number of barbiturate groups is 1. The molecule has 24 heavy (non-hydrogen) atoms. The summed E-state index contributed by atoms with van der Waals surface area (Å²) in [7, 11) is 0. The van der Waals surface area contributed by atoms with Gasteiger partial charge < -0.3 is 9.84 Å². The standard InChI is InChI=1S/C14H7ClN2O7/c15-6-3-1-5(2-4-6)8(18)7-9(19)10(20)24-14(7)11(21)16-13(23)17-12(14)22/h1-4,18H,(H2,16,17,21,22,23). The van der Waals surface area contributed by atoms with Crippen LogP contribution >= 0.6 is 11.6 Å². The topological polar surface area (TPSA) is 139 Å². The zero-order valence-corrected chi connectivity index (χ0v) is 12.3. The molecule has 1 aromatic carbocycles. The summed E-state index contributed by atoms with van der Waals surface area (Å²) in [6.07, 6.45) is 0. The third-order valence-corrected chi connectivity index (χ3v) is 3.71. The normalized spacial score (nSPS) is 21.5. The van der Waals surface area contributed by atoms with Crippen molar-refractivity contribution in [1.82, 2.24) is 10.6 Å². The molecular weight excluding hydrogens is 344 g/mol. The van der Waals surface area contributed by atoms with Gasteiger partial charge in [-0.3, -0.25) is 25.0 Å². The summed E-state index contributed by atoms with van der Waals surface area (Å²) < 4.78 is 4.65. The monoisotopic (exact) mass is 350 g/mol. The average Bonchev–Trinajstić information content (AvgIpc) is 2.78. The minimum atomic E-state index is -2.77. The van der Waals surface area contributed by atoms with E-state index in [0.717, 1.165) is 0 Å². The zero-order valence-electron chi connectivity index (χ0n) is 11.6. The Morgan fingerprint density at radius 2 is 1.54 bits per heavy atom. The highest BCUT2D eigenvalue weighted by atomic mass is 35.5. The molecule has 0 unspecified atom stereocenters. The first-order valence-electron chi connectivity index (χ1n) is 6.41. The second-order valence-electron chi connectivity index (χ2n) is 4.87. The van der Waals surface area contributed by atoms with Gasteiger partial charge in [-0.25, -0.2) is 9.59 Å². The number of halogens is 1. The van der Waals surface area contributed by atoms with Gasteiger partial charge in [0.05, 0.1) is 0 Å². The van der Waals surface area contributed by atoms with E-state index in [4.69, 9.17) is 11.6 Å². The van der Waals surface area contributed by atoms with E-state index in [-0.39, 0.29) is 5.56 Å². The number of ether oxygens (including phenoxy) is 1. The number of ketones is 1. The van der Waals surface area contributed by atoms with Gasteiger partial charge in [-0.2, -0.15) is 0 Å². The highest BCUT2D eigenvalue weighted by Crippen LogP contribution is 2.37. The summed E-state index contributed by atoms with van der Waals surface area (Å²) in [5.74, 6) is -6.41. The number of aliphatic hydroxyl groups is 1. The molecule has 0 saturated carbocycles. The van der Waals surface area contributed by atoms with Gasteiger partial charge in [0.2, 0.25) is 0 Å². The molecule has 10 heteroatoms. The summed E-state index contributed by atoms with van der Waals surface area (Å²) in [6.45, 7) is 0. The Morgan fingerprint density at radius 3 is 2.08 bits per heavy atom. The SMILES string of the molecule is O=C1NC(=O)C2(OC(=O)C(=O)C2=C(O)c2ccc(Cl)cc2)C(=O)N1. The summed E-state index contributed by atoms with van der Waals surface area (Å²) >= 11 is 5.72. The molecular formula is C14H7ClN2O7. The van der Waals surface area contributed by atoms with Crippen LogP contribution in [-0.2, 0) is 23.9 Å². The largest absolute Gasteiger partial charge is 0.507 e. The molecule has 122 valence electrons. The lowest BCUT2D eigenvalue weighted by Crippen LogP contribution is -2.67. The van der Waals surface area contributed by atoms with Crippen molar-refractivity contribution < 1.29 is 33.8 Å². The Hall–Kier alpha value is -3.20. The molecule has 0 bridgehead atoms. The number of rotatable bonds is 1. The maximum atomic E-state index is 12.1.